The molecule has 0 saturated carbocycles. The van der Waals surface area contributed by atoms with Crippen LogP contribution < -0.4 is 16.2 Å². The number of amidine groups is 2. The number of carbonyl (C=O) groups is 1. The van der Waals surface area contributed by atoms with Gasteiger partial charge in [0.2, 0.25) is 5.84 Å². The van der Waals surface area contributed by atoms with Crippen LogP contribution in [0.4, 0.5) is 0 Å². The first-order valence-corrected chi connectivity index (χ1v) is 6.18. The molecule has 1 aliphatic rings. The number of carbonyl (C=O) groups excluding carboxylic acids is 1. The number of aromatic nitrogens is 1. The summed E-state index contributed by atoms with van der Waals surface area (Å²) in [5.41, 5.74) is 5.98. The summed E-state index contributed by atoms with van der Waals surface area (Å²) in [6, 6.07) is 5.47. The lowest BCUT2D eigenvalue weighted by molar-refractivity contribution is -0.115. The average molecular weight is 260 g/mol. The number of unbranched alkanes of at least 4 members (excludes halogenated alkanes) is 1. The lowest BCUT2D eigenvalue weighted by Gasteiger charge is -2.13. The molecule has 0 aliphatic carbocycles. The lowest BCUT2D eigenvalue weighted by Crippen LogP contribution is -2.44. The normalized spacial score (nSPS) is 13.7. The van der Waals surface area contributed by atoms with Crippen molar-refractivity contribution in [3.63, 3.8) is 0 Å². The van der Waals surface area contributed by atoms with E-state index in [1.54, 1.807) is 12.3 Å². The highest BCUT2D eigenvalue weighted by Crippen LogP contribution is 1.96. The molecule has 100 valence electrons. The third-order valence-electron chi connectivity index (χ3n) is 2.49. The van der Waals surface area contributed by atoms with Crippen LogP contribution in [-0.4, -0.2) is 29.1 Å². The minimum Gasteiger partial charge on any atom is -0.349 e. The van der Waals surface area contributed by atoms with Gasteiger partial charge < -0.3 is 5.32 Å². The zero-order valence-corrected chi connectivity index (χ0v) is 10.7. The van der Waals surface area contributed by atoms with E-state index in [1.165, 1.54) is 0 Å². The van der Waals surface area contributed by atoms with Gasteiger partial charge in [0.25, 0.3) is 5.91 Å². The summed E-state index contributed by atoms with van der Waals surface area (Å²) in [5, 5.41) is 10.7. The third-order valence-corrected chi connectivity index (χ3v) is 2.49. The van der Waals surface area contributed by atoms with Gasteiger partial charge in [0.05, 0.1) is 0 Å². The quantitative estimate of drug-likeness (QED) is 0.658. The van der Waals surface area contributed by atoms with E-state index in [0.717, 1.165) is 12.8 Å². The van der Waals surface area contributed by atoms with Gasteiger partial charge in [-0.1, -0.05) is 19.4 Å². The van der Waals surface area contributed by atoms with Gasteiger partial charge >= 0.3 is 0 Å². The molecule has 7 nitrogen and oxygen atoms in total. The number of nitrogens with zero attached hydrogens (tertiary/aromatic N) is 3. The second-order valence-corrected chi connectivity index (χ2v) is 3.97. The molecule has 0 saturated heterocycles. The van der Waals surface area contributed by atoms with E-state index in [4.69, 9.17) is 0 Å². The minimum atomic E-state index is -0.273. The van der Waals surface area contributed by atoms with Crippen LogP contribution in [0.15, 0.2) is 34.6 Å². The summed E-state index contributed by atoms with van der Waals surface area (Å²) in [5.74, 6) is 0.353. The van der Waals surface area contributed by atoms with Gasteiger partial charge in [0, 0.05) is 12.7 Å². The van der Waals surface area contributed by atoms with Crippen molar-refractivity contribution in [1.82, 2.24) is 21.2 Å². The molecule has 2 heterocycles. The highest BCUT2D eigenvalue weighted by atomic mass is 16.2. The molecule has 1 amide bonds. The Morgan fingerprint density at radius 3 is 2.84 bits per heavy atom. The Bertz CT molecular complexity index is 496. The maximum Gasteiger partial charge on any atom is 0.290 e. The molecule has 0 bridgehead atoms. The number of pyridine rings is 1. The van der Waals surface area contributed by atoms with E-state index in [-0.39, 0.29) is 11.7 Å². The Morgan fingerprint density at radius 1 is 1.32 bits per heavy atom. The Hall–Kier alpha value is -2.44. The summed E-state index contributed by atoms with van der Waals surface area (Å²) in [7, 11) is 0. The summed E-state index contributed by atoms with van der Waals surface area (Å²) in [4.78, 5) is 15.8. The number of amides is 1. The maximum absolute atomic E-state index is 11.7. The van der Waals surface area contributed by atoms with Crippen LogP contribution >= 0.6 is 0 Å². The second kappa shape index (κ2) is 6.48. The van der Waals surface area contributed by atoms with Crippen LogP contribution in [0.5, 0.6) is 0 Å². The molecular weight excluding hydrogens is 244 g/mol. The van der Waals surface area contributed by atoms with E-state index in [1.807, 2.05) is 12.1 Å². The van der Waals surface area contributed by atoms with Crippen LogP contribution in [-0.2, 0) is 4.79 Å². The van der Waals surface area contributed by atoms with Gasteiger partial charge in [-0.25, -0.2) is 0 Å². The Kier molecular flexibility index (Phi) is 4.44. The molecular formula is C12H16N6O. The van der Waals surface area contributed by atoms with E-state index in [2.05, 4.69) is 38.3 Å². The Balaban J connectivity index is 1.90. The summed E-state index contributed by atoms with van der Waals surface area (Å²) >= 11 is 0. The summed E-state index contributed by atoms with van der Waals surface area (Å²) in [6.45, 7) is 2.69. The van der Waals surface area contributed by atoms with E-state index in [9.17, 15) is 4.79 Å². The lowest BCUT2D eigenvalue weighted by atomic mass is 10.3. The van der Waals surface area contributed by atoms with Crippen molar-refractivity contribution in [3.05, 3.63) is 30.1 Å². The van der Waals surface area contributed by atoms with Crippen LogP contribution in [0.3, 0.4) is 0 Å². The zero-order chi connectivity index (χ0) is 13.5. The predicted octanol–water partition coefficient (Wildman–Crippen LogP) is 0.166. The molecule has 1 aliphatic heterocycles. The molecule has 7 heteroatoms. The largest absolute Gasteiger partial charge is 0.349 e. The van der Waals surface area contributed by atoms with Crippen molar-refractivity contribution in [1.29, 1.82) is 0 Å². The topological polar surface area (TPSA) is 90.8 Å². The molecule has 1 aromatic heterocycles. The maximum atomic E-state index is 11.7. The van der Waals surface area contributed by atoms with E-state index < -0.39 is 0 Å². The number of hydrazone groups is 2. The first-order chi connectivity index (χ1) is 9.31. The second-order valence-electron chi connectivity index (χ2n) is 3.97. The standard InChI is InChI=1S/C12H16N6O/c1-2-3-7-14-12(19)11-17-15-10(16-18-11)9-6-4-5-8-13-9/h4-6,8H,2-3,7H2,1H3,(H,14,19)(H,15,16)(H,17,18). The van der Waals surface area contributed by atoms with Crippen molar-refractivity contribution in [3.8, 4) is 0 Å². The highest BCUT2D eigenvalue weighted by Gasteiger charge is 2.16. The Labute approximate surface area is 111 Å². The fraction of sp³-hybridized carbons (Fsp3) is 0.333. The molecule has 0 unspecified atom stereocenters. The summed E-state index contributed by atoms with van der Waals surface area (Å²) in [6.07, 6.45) is 3.63. The van der Waals surface area contributed by atoms with Crippen LogP contribution in [0.1, 0.15) is 25.5 Å². The number of hydrogen-bond acceptors (Lipinski definition) is 6. The van der Waals surface area contributed by atoms with Crippen molar-refractivity contribution in [2.75, 3.05) is 6.54 Å². The van der Waals surface area contributed by atoms with Gasteiger partial charge in [-0.2, -0.15) is 5.10 Å². The van der Waals surface area contributed by atoms with Gasteiger partial charge in [0.15, 0.2) is 5.84 Å². The summed E-state index contributed by atoms with van der Waals surface area (Å²) < 4.78 is 0. The van der Waals surface area contributed by atoms with Crippen molar-refractivity contribution < 1.29 is 4.79 Å². The number of nitrogens with one attached hydrogen (secondary N) is 3. The molecule has 0 spiro atoms. The van der Waals surface area contributed by atoms with Gasteiger partial charge in [-0.05, 0) is 18.6 Å². The minimum absolute atomic E-state index is 0.149. The van der Waals surface area contributed by atoms with Gasteiger partial charge in [-0.15, -0.1) is 5.10 Å². The van der Waals surface area contributed by atoms with Crippen molar-refractivity contribution in [2.24, 2.45) is 10.2 Å². The van der Waals surface area contributed by atoms with Crippen LogP contribution in [0.2, 0.25) is 0 Å². The fourth-order valence-corrected chi connectivity index (χ4v) is 1.45. The number of hydrogen-bond donors (Lipinski definition) is 3. The fourth-order valence-electron chi connectivity index (χ4n) is 1.45. The van der Waals surface area contributed by atoms with Gasteiger partial charge in [0.1, 0.15) is 5.69 Å². The van der Waals surface area contributed by atoms with Crippen molar-refractivity contribution >= 4 is 17.6 Å². The predicted molar refractivity (Wildman–Crippen MR) is 72.4 cm³/mol. The number of rotatable bonds is 5. The van der Waals surface area contributed by atoms with Crippen molar-refractivity contribution in [2.45, 2.75) is 19.8 Å². The van der Waals surface area contributed by atoms with E-state index in [0.29, 0.717) is 18.1 Å². The molecule has 19 heavy (non-hydrogen) atoms. The third kappa shape index (κ3) is 3.51. The van der Waals surface area contributed by atoms with E-state index >= 15 is 0 Å². The smallest absolute Gasteiger partial charge is 0.290 e. The van der Waals surface area contributed by atoms with Crippen LogP contribution in [0.25, 0.3) is 0 Å². The zero-order valence-electron chi connectivity index (χ0n) is 10.7. The first kappa shape index (κ1) is 13.0. The molecule has 0 atom stereocenters. The first-order valence-electron chi connectivity index (χ1n) is 6.18. The van der Waals surface area contributed by atoms with Crippen LogP contribution in [0, 0.1) is 0 Å². The SMILES string of the molecule is CCCCNC(=O)C1=NNC(c2ccccn2)=NN1. The molecule has 1 aromatic rings. The highest BCUT2D eigenvalue weighted by molar-refractivity contribution is 6.38. The van der Waals surface area contributed by atoms with Gasteiger partial charge in [-0.3, -0.25) is 20.6 Å². The molecule has 0 aromatic carbocycles. The molecule has 0 fully saturated rings. The average Bonchev–Trinajstić information content (AvgIpc) is 2.48. The molecule has 3 N–H and O–H groups in total. The molecule has 2 rings (SSSR count). The molecule has 0 radical (unpaired) electrons. The monoisotopic (exact) mass is 260 g/mol. The Morgan fingerprint density at radius 2 is 2.21 bits per heavy atom.